The van der Waals surface area contributed by atoms with Crippen molar-refractivity contribution in [3.05, 3.63) is 12.4 Å². The van der Waals surface area contributed by atoms with Gasteiger partial charge in [-0.15, -0.1) is 0 Å². The van der Waals surface area contributed by atoms with Gasteiger partial charge >= 0.3 is 6.03 Å². The fourth-order valence-electron chi connectivity index (χ4n) is 2.98. The van der Waals surface area contributed by atoms with E-state index in [2.05, 4.69) is 29.6 Å². The Labute approximate surface area is 150 Å². The summed E-state index contributed by atoms with van der Waals surface area (Å²) in [5.74, 6) is 0.624. The maximum absolute atomic E-state index is 12.3. The smallest absolute Gasteiger partial charge is 0.317 e. The summed E-state index contributed by atoms with van der Waals surface area (Å²) in [6.45, 7) is 10.3. The van der Waals surface area contributed by atoms with E-state index < -0.39 is 0 Å². The Morgan fingerprint density at radius 2 is 2.08 bits per heavy atom. The lowest BCUT2D eigenvalue weighted by molar-refractivity contribution is -0.117. The van der Waals surface area contributed by atoms with Crippen molar-refractivity contribution in [1.82, 2.24) is 20.0 Å². The maximum atomic E-state index is 12.3. The van der Waals surface area contributed by atoms with Crippen LogP contribution in [-0.2, 0) is 4.79 Å². The van der Waals surface area contributed by atoms with Crippen molar-refractivity contribution in [2.24, 2.45) is 11.8 Å². The molecule has 1 fully saturated rings. The molecule has 3 amide bonds. The van der Waals surface area contributed by atoms with E-state index in [0.717, 1.165) is 25.1 Å². The highest BCUT2D eigenvalue weighted by Crippen LogP contribution is 2.20. The van der Waals surface area contributed by atoms with Gasteiger partial charge in [0.15, 0.2) is 0 Å². The summed E-state index contributed by atoms with van der Waals surface area (Å²) >= 11 is 0. The molecule has 25 heavy (non-hydrogen) atoms. The summed E-state index contributed by atoms with van der Waals surface area (Å²) in [5.41, 5.74) is 0.723. The average molecular weight is 349 g/mol. The van der Waals surface area contributed by atoms with Gasteiger partial charge in [-0.05, 0) is 38.5 Å². The van der Waals surface area contributed by atoms with Crippen molar-refractivity contribution in [3.63, 3.8) is 0 Å². The summed E-state index contributed by atoms with van der Waals surface area (Å²) in [6, 6.07) is 0.249. The van der Waals surface area contributed by atoms with Crippen molar-refractivity contribution in [2.75, 3.05) is 25.0 Å². The molecule has 0 spiro atoms. The number of urea groups is 1. The lowest BCUT2D eigenvalue weighted by Gasteiger charge is -2.32. The molecule has 2 rings (SSSR count). The van der Waals surface area contributed by atoms with E-state index in [-0.39, 0.29) is 23.9 Å². The number of rotatable bonds is 6. The molecule has 2 heterocycles. The number of carbonyl (C=O) groups is 2. The van der Waals surface area contributed by atoms with E-state index in [0.29, 0.717) is 25.4 Å². The van der Waals surface area contributed by atoms with E-state index in [9.17, 15) is 9.59 Å². The summed E-state index contributed by atoms with van der Waals surface area (Å²) in [7, 11) is 0. The molecule has 1 saturated heterocycles. The molecule has 1 atom stereocenters. The fraction of sp³-hybridized carbons (Fsp3) is 0.722. The highest BCUT2D eigenvalue weighted by atomic mass is 16.2. The van der Waals surface area contributed by atoms with Gasteiger partial charge in [0, 0.05) is 38.3 Å². The highest BCUT2D eigenvalue weighted by molar-refractivity contribution is 5.90. The molecule has 1 unspecified atom stereocenters. The number of amides is 3. The zero-order valence-corrected chi connectivity index (χ0v) is 15.8. The molecule has 0 saturated carbocycles. The maximum Gasteiger partial charge on any atom is 0.317 e. The van der Waals surface area contributed by atoms with Gasteiger partial charge in [-0.25, -0.2) is 4.79 Å². The first kappa shape index (κ1) is 19.3. The second kappa shape index (κ2) is 8.87. The van der Waals surface area contributed by atoms with Gasteiger partial charge in [0.2, 0.25) is 5.91 Å². The minimum atomic E-state index is -0.0167. The van der Waals surface area contributed by atoms with Crippen molar-refractivity contribution >= 4 is 17.6 Å². The molecule has 2 N–H and O–H groups in total. The van der Waals surface area contributed by atoms with E-state index in [1.807, 2.05) is 29.6 Å². The zero-order valence-electron chi connectivity index (χ0n) is 15.8. The van der Waals surface area contributed by atoms with Crippen LogP contribution in [0.1, 0.15) is 53.0 Å². The summed E-state index contributed by atoms with van der Waals surface area (Å²) in [4.78, 5) is 26.3. The highest BCUT2D eigenvalue weighted by Gasteiger charge is 2.25. The Kier molecular flexibility index (Phi) is 6.84. The molecule has 1 aromatic rings. The lowest BCUT2D eigenvalue weighted by atomic mass is 9.94. The number of anilines is 1. The summed E-state index contributed by atoms with van der Waals surface area (Å²) in [6.07, 6.45) is 5.87. The molecule has 7 heteroatoms. The number of carbonyl (C=O) groups excluding carboxylic acids is 2. The van der Waals surface area contributed by atoms with E-state index in [1.54, 1.807) is 6.20 Å². The number of aromatic nitrogens is 2. The van der Waals surface area contributed by atoms with Crippen LogP contribution in [0.5, 0.6) is 0 Å². The van der Waals surface area contributed by atoms with Crippen LogP contribution >= 0.6 is 0 Å². The van der Waals surface area contributed by atoms with Gasteiger partial charge in [-0.2, -0.15) is 5.10 Å². The third-order valence-corrected chi connectivity index (χ3v) is 4.36. The molecule has 0 radical (unpaired) electrons. The molecule has 140 valence electrons. The van der Waals surface area contributed by atoms with Gasteiger partial charge in [-0.3, -0.25) is 9.48 Å². The molecule has 1 aromatic heterocycles. The summed E-state index contributed by atoms with van der Waals surface area (Å²) < 4.78 is 1.82. The number of hydrogen-bond donors (Lipinski definition) is 2. The van der Waals surface area contributed by atoms with Crippen molar-refractivity contribution in [3.8, 4) is 0 Å². The van der Waals surface area contributed by atoms with E-state index in [1.165, 1.54) is 0 Å². The third-order valence-electron chi connectivity index (χ3n) is 4.36. The quantitative estimate of drug-likeness (QED) is 0.829. The zero-order chi connectivity index (χ0) is 18.4. The van der Waals surface area contributed by atoms with E-state index in [4.69, 9.17) is 0 Å². The SMILES string of the molecule is CC(C)CNC(=O)N1CCCC(CC(=O)Nc2cnn(C(C)C)c2)C1. The Morgan fingerprint density at radius 3 is 2.72 bits per heavy atom. The molecule has 0 bridgehead atoms. The monoisotopic (exact) mass is 349 g/mol. The van der Waals surface area contributed by atoms with Crippen LogP contribution in [0, 0.1) is 11.8 Å². The van der Waals surface area contributed by atoms with Gasteiger partial charge in [-0.1, -0.05) is 13.8 Å². The molecule has 0 aromatic carbocycles. The van der Waals surface area contributed by atoms with Crippen LogP contribution in [0.4, 0.5) is 10.5 Å². The Hall–Kier alpha value is -2.05. The minimum absolute atomic E-state index is 0.0160. The van der Waals surface area contributed by atoms with Gasteiger partial charge in [0.05, 0.1) is 11.9 Å². The van der Waals surface area contributed by atoms with Crippen LogP contribution < -0.4 is 10.6 Å². The van der Waals surface area contributed by atoms with E-state index >= 15 is 0 Å². The predicted octanol–water partition coefficient (Wildman–Crippen LogP) is 2.87. The van der Waals surface area contributed by atoms with Crippen molar-refractivity contribution in [1.29, 1.82) is 0 Å². The minimum Gasteiger partial charge on any atom is -0.338 e. The van der Waals surface area contributed by atoms with Crippen molar-refractivity contribution < 1.29 is 9.59 Å². The first-order valence-electron chi connectivity index (χ1n) is 9.22. The van der Waals surface area contributed by atoms with Gasteiger partial charge in [0.25, 0.3) is 0 Å². The number of hydrogen-bond acceptors (Lipinski definition) is 3. The average Bonchev–Trinajstić information content (AvgIpc) is 3.01. The largest absolute Gasteiger partial charge is 0.338 e. The summed E-state index contributed by atoms with van der Waals surface area (Å²) in [5, 5.41) is 10.1. The lowest BCUT2D eigenvalue weighted by Crippen LogP contribution is -2.46. The van der Waals surface area contributed by atoms with Crippen LogP contribution in [0.2, 0.25) is 0 Å². The Morgan fingerprint density at radius 1 is 1.32 bits per heavy atom. The van der Waals surface area contributed by atoms with Crippen LogP contribution in [0.25, 0.3) is 0 Å². The fourth-order valence-corrected chi connectivity index (χ4v) is 2.98. The van der Waals surface area contributed by atoms with Crippen molar-refractivity contribution in [2.45, 2.75) is 53.0 Å². The number of nitrogens with zero attached hydrogens (tertiary/aromatic N) is 3. The third kappa shape index (κ3) is 6.07. The molecular formula is C18H31N5O2. The normalized spacial score (nSPS) is 17.8. The second-order valence-electron chi connectivity index (χ2n) is 7.59. The van der Waals surface area contributed by atoms with Crippen LogP contribution in [-0.4, -0.2) is 46.3 Å². The topological polar surface area (TPSA) is 79.3 Å². The molecule has 0 aliphatic carbocycles. The predicted molar refractivity (Wildman–Crippen MR) is 98.4 cm³/mol. The molecule has 1 aliphatic rings. The Bertz CT molecular complexity index is 582. The number of piperidine rings is 1. The first-order valence-corrected chi connectivity index (χ1v) is 9.22. The van der Waals surface area contributed by atoms with Crippen LogP contribution in [0.3, 0.4) is 0 Å². The second-order valence-corrected chi connectivity index (χ2v) is 7.59. The molecule has 7 nitrogen and oxygen atoms in total. The molecule has 1 aliphatic heterocycles. The molecular weight excluding hydrogens is 318 g/mol. The first-order chi connectivity index (χ1) is 11.8. The van der Waals surface area contributed by atoms with Gasteiger partial charge in [0.1, 0.15) is 0 Å². The Balaban J connectivity index is 1.80. The standard InChI is InChI=1S/C18H31N5O2/c1-13(2)9-19-18(25)22-7-5-6-15(11-22)8-17(24)21-16-10-20-23(12-16)14(3)4/h10,12-15H,5-9,11H2,1-4H3,(H,19,25)(H,21,24). The van der Waals surface area contributed by atoms with Crippen LogP contribution in [0.15, 0.2) is 12.4 Å². The van der Waals surface area contributed by atoms with Gasteiger partial charge < -0.3 is 15.5 Å². The number of likely N-dealkylation sites (tertiary alicyclic amines) is 1. The number of nitrogens with one attached hydrogen (secondary N) is 2.